The Morgan fingerprint density at radius 1 is 1.53 bits per heavy atom. The number of nitrogens with zero attached hydrogens (tertiary/aromatic N) is 1. The second kappa shape index (κ2) is 6.92. The molecule has 0 saturated carbocycles. The van der Waals surface area contributed by atoms with Gasteiger partial charge in [-0.2, -0.15) is 0 Å². The molecule has 1 aromatic rings. The predicted octanol–water partition coefficient (Wildman–Crippen LogP) is 3.73. The first kappa shape index (κ1) is 15.2. The van der Waals surface area contributed by atoms with Crippen LogP contribution in [0.1, 0.15) is 33.1 Å². The maximum Gasteiger partial charge on any atom is 0.313 e. The molecule has 0 bridgehead atoms. The summed E-state index contributed by atoms with van der Waals surface area (Å²) in [5, 5.41) is 13.8. The molecule has 0 aliphatic heterocycles. The number of halogens is 1. The second-order valence-electron chi connectivity index (χ2n) is 4.45. The normalized spacial score (nSPS) is 12.0. The lowest BCUT2D eigenvalue weighted by molar-refractivity contribution is -0.385. The lowest BCUT2D eigenvalue weighted by Crippen LogP contribution is -2.16. The molecule has 5 nitrogen and oxygen atoms in total. The molecule has 1 unspecified atom stereocenters. The molecule has 1 N–H and O–H groups in total. The molecule has 0 aliphatic rings. The third-order valence-electron chi connectivity index (χ3n) is 2.86. The molecular weight excluding hydrogens is 251 g/mol. The number of unbranched alkanes of at least 4 members (excludes halogenated alkanes) is 1. The van der Waals surface area contributed by atoms with Crippen LogP contribution >= 0.6 is 0 Å². The van der Waals surface area contributed by atoms with E-state index >= 15 is 0 Å². The average molecular weight is 270 g/mol. The van der Waals surface area contributed by atoms with Crippen LogP contribution in [0.4, 0.5) is 15.8 Å². The fraction of sp³-hybridized carbons (Fsp3) is 0.538. The Bertz CT molecular complexity index is 452. The maximum atomic E-state index is 13.8. The van der Waals surface area contributed by atoms with Gasteiger partial charge in [0.25, 0.3) is 0 Å². The van der Waals surface area contributed by atoms with Gasteiger partial charge in [0.15, 0.2) is 11.6 Å². The molecule has 106 valence electrons. The van der Waals surface area contributed by atoms with Crippen molar-refractivity contribution in [3.63, 3.8) is 0 Å². The van der Waals surface area contributed by atoms with Crippen molar-refractivity contribution in [3.8, 4) is 5.75 Å². The van der Waals surface area contributed by atoms with Crippen molar-refractivity contribution in [2.24, 2.45) is 0 Å². The summed E-state index contributed by atoms with van der Waals surface area (Å²) >= 11 is 0. The molecule has 0 spiro atoms. The highest BCUT2D eigenvalue weighted by Gasteiger charge is 2.19. The number of anilines is 1. The lowest BCUT2D eigenvalue weighted by atomic mass is 10.1. The van der Waals surface area contributed by atoms with Gasteiger partial charge in [-0.3, -0.25) is 10.1 Å². The SMILES string of the molecule is CCCCC(C)Nc1cc(OC)c([N+](=O)[O-])cc1F. The smallest absolute Gasteiger partial charge is 0.313 e. The Kier molecular flexibility index (Phi) is 5.54. The zero-order valence-electron chi connectivity index (χ0n) is 11.4. The van der Waals surface area contributed by atoms with Gasteiger partial charge in [0, 0.05) is 12.1 Å². The van der Waals surface area contributed by atoms with Crippen LogP contribution in [0.25, 0.3) is 0 Å². The van der Waals surface area contributed by atoms with Gasteiger partial charge in [-0.05, 0) is 13.3 Å². The topological polar surface area (TPSA) is 64.4 Å². The summed E-state index contributed by atoms with van der Waals surface area (Å²) in [5.74, 6) is -0.590. The van der Waals surface area contributed by atoms with Crippen molar-refractivity contribution < 1.29 is 14.1 Å². The number of hydrogen-bond donors (Lipinski definition) is 1. The maximum absolute atomic E-state index is 13.8. The van der Waals surface area contributed by atoms with Crippen molar-refractivity contribution in [2.45, 2.75) is 39.2 Å². The van der Waals surface area contributed by atoms with E-state index in [0.29, 0.717) is 0 Å². The van der Waals surface area contributed by atoms with E-state index in [1.165, 1.54) is 13.2 Å². The first-order valence-corrected chi connectivity index (χ1v) is 6.28. The summed E-state index contributed by atoms with van der Waals surface area (Å²) in [6.07, 6.45) is 3.02. The van der Waals surface area contributed by atoms with Crippen molar-refractivity contribution in [1.29, 1.82) is 0 Å². The number of hydrogen-bond acceptors (Lipinski definition) is 4. The molecule has 0 heterocycles. The van der Waals surface area contributed by atoms with E-state index in [1.54, 1.807) is 0 Å². The standard InChI is InChI=1S/C13H19FN2O3/c1-4-5-6-9(2)15-11-8-13(19-3)12(16(17)18)7-10(11)14/h7-9,15H,4-6H2,1-3H3. The van der Waals surface area contributed by atoms with Gasteiger partial charge in [-0.25, -0.2) is 4.39 Å². The number of benzene rings is 1. The molecule has 0 aromatic heterocycles. The zero-order valence-corrected chi connectivity index (χ0v) is 11.4. The van der Waals surface area contributed by atoms with Gasteiger partial charge in [-0.15, -0.1) is 0 Å². The van der Waals surface area contributed by atoms with Crippen LogP contribution < -0.4 is 10.1 Å². The van der Waals surface area contributed by atoms with Crippen LogP contribution in [-0.4, -0.2) is 18.1 Å². The zero-order chi connectivity index (χ0) is 14.4. The van der Waals surface area contributed by atoms with E-state index in [-0.39, 0.29) is 23.2 Å². The Hall–Kier alpha value is -1.85. The van der Waals surface area contributed by atoms with E-state index < -0.39 is 10.7 Å². The van der Waals surface area contributed by atoms with Crippen LogP contribution in [0, 0.1) is 15.9 Å². The van der Waals surface area contributed by atoms with Crippen molar-refractivity contribution in [3.05, 3.63) is 28.1 Å². The highest BCUT2D eigenvalue weighted by atomic mass is 19.1. The minimum atomic E-state index is -0.661. The molecule has 0 radical (unpaired) electrons. The predicted molar refractivity (Wildman–Crippen MR) is 72.2 cm³/mol. The molecule has 0 amide bonds. The van der Waals surface area contributed by atoms with Crippen LogP contribution in [0.15, 0.2) is 12.1 Å². The van der Waals surface area contributed by atoms with E-state index in [1.807, 2.05) is 6.92 Å². The van der Waals surface area contributed by atoms with Gasteiger partial charge in [0.05, 0.1) is 23.8 Å². The molecule has 6 heteroatoms. The summed E-state index contributed by atoms with van der Waals surface area (Å²) in [6.45, 7) is 4.03. The van der Waals surface area contributed by atoms with Gasteiger partial charge in [0.1, 0.15) is 0 Å². The van der Waals surface area contributed by atoms with Gasteiger partial charge in [0.2, 0.25) is 0 Å². The highest BCUT2D eigenvalue weighted by molar-refractivity contribution is 5.59. The van der Waals surface area contributed by atoms with Crippen molar-refractivity contribution in [2.75, 3.05) is 12.4 Å². The average Bonchev–Trinajstić information content (AvgIpc) is 2.38. The van der Waals surface area contributed by atoms with E-state index in [9.17, 15) is 14.5 Å². The summed E-state index contributed by atoms with van der Waals surface area (Å²) in [6, 6.07) is 2.31. The molecule has 1 atom stereocenters. The fourth-order valence-corrected chi connectivity index (χ4v) is 1.81. The molecule has 0 fully saturated rings. The van der Waals surface area contributed by atoms with Gasteiger partial charge in [-0.1, -0.05) is 19.8 Å². The largest absolute Gasteiger partial charge is 0.490 e. The quantitative estimate of drug-likeness (QED) is 0.605. The molecule has 1 aromatic carbocycles. The lowest BCUT2D eigenvalue weighted by Gasteiger charge is -2.16. The first-order valence-electron chi connectivity index (χ1n) is 6.28. The van der Waals surface area contributed by atoms with Crippen LogP contribution in [-0.2, 0) is 0 Å². The van der Waals surface area contributed by atoms with Crippen LogP contribution in [0.3, 0.4) is 0 Å². The summed E-state index contributed by atoms with van der Waals surface area (Å²) in [7, 11) is 1.32. The Balaban J connectivity index is 2.93. The van der Waals surface area contributed by atoms with Gasteiger partial charge < -0.3 is 10.1 Å². The number of nitro benzene ring substituents is 1. The van der Waals surface area contributed by atoms with E-state index in [0.717, 1.165) is 25.3 Å². The summed E-state index contributed by atoms with van der Waals surface area (Å²) < 4.78 is 18.7. The number of rotatable bonds is 7. The minimum absolute atomic E-state index is 0.0524. The molecule has 0 saturated heterocycles. The molecule has 1 rings (SSSR count). The third-order valence-corrected chi connectivity index (χ3v) is 2.86. The Labute approximate surface area is 111 Å². The van der Waals surface area contributed by atoms with E-state index in [4.69, 9.17) is 4.74 Å². The summed E-state index contributed by atoms with van der Waals surface area (Å²) in [4.78, 5) is 10.1. The molecule has 0 aliphatic carbocycles. The number of ether oxygens (including phenoxy) is 1. The van der Waals surface area contributed by atoms with E-state index in [2.05, 4.69) is 12.2 Å². The Morgan fingerprint density at radius 2 is 2.21 bits per heavy atom. The van der Waals surface area contributed by atoms with Crippen molar-refractivity contribution >= 4 is 11.4 Å². The monoisotopic (exact) mass is 270 g/mol. The molecular formula is C13H19FN2O3. The number of nitro groups is 1. The van der Waals surface area contributed by atoms with Gasteiger partial charge >= 0.3 is 5.69 Å². The number of methoxy groups -OCH3 is 1. The first-order chi connectivity index (χ1) is 8.99. The summed E-state index contributed by atoms with van der Waals surface area (Å²) in [5.41, 5.74) is -0.141. The molecule has 19 heavy (non-hydrogen) atoms. The van der Waals surface area contributed by atoms with Crippen LogP contribution in [0.2, 0.25) is 0 Å². The number of nitrogens with one attached hydrogen (secondary N) is 1. The third kappa shape index (κ3) is 4.08. The van der Waals surface area contributed by atoms with Crippen molar-refractivity contribution in [1.82, 2.24) is 0 Å². The van der Waals surface area contributed by atoms with Crippen LogP contribution in [0.5, 0.6) is 5.75 Å². The Morgan fingerprint density at radius 3 is 2.74 bits per heavy atom. The highest BCUT2D eigenvalue weighted by Crippen LogP contribution is 2.32. The second-order valence-corrected chi connectivity index (χ2v) is 4.45. The minimum Gasteiger partial charge on any atom is -0.490 e. The fourth-order valence-electron chi connectivity index (χ4n) is 1.81.